The number of β-amino-alcohol motifs (C(OH)–C–C–N with tert-alkyl or cyclic N) is 1. The van der Waals surface area contributed by atoms with Crippen LogP contribution in [0.25, 0.3) is 11.0 Å². The number of aliphatic hydroxyl groups excluding tert-OH is 1. The highest BCUT2D eigenvalue weighted by Gasteiger charge is 2.47. The lowest BCUT2D eigenvalue weighted by atomic mass is 9.71. The van der Waals surface area contributed by atoms with Gasteiger partial charge in [0.05, 0.1) is 23.2 Å². The van der Waals surface area contributed by atoms with Gasteiger partial charge in [-0.05, 0) is 50.0 Å². The van der Waals surface area contributed by atoms with E-state index in [1.807, 2.05) is 6.07 Å². The number of nitrogens with zero attached hydrogens (tertiary/aromatic N) is 4. The summed E-state index contributed by atoms with van der Waals surface area (Å²) in [4.78, 5) is 16.7. The lowest BCUT2D eigenvalue weighted by molar-refractivity contribution is -0.154. The minimum Gasteiger partial charge on any atom is -0.391 e. The zero-order valence-corrected chi connectivity index (χ0v) is 14.6. The van der Waals surface area contributed by atoms with Gasteiger partial charge in [0.15, 0.2) is 0 Å². The van der Waals surface area contributed by atoms with Gasteiger partial charge in [0, 0.05) is 20.1 Å². The molecule has 3 heterocycles. The molecule has 1 N–H and O–H groups in total. The normalized spacial score (nSPS) is 24.8. The predicted octanol–water partition coefficient (Wildman–Crippen LogP) is 1.50. The van der Waals surface area contributed by atoms with Gasteiger partial charge in [-0.1, -0.05) is 6.07 Å². The van der Waals surface area contributed by atoms with E-state index in [0.29, 0.717) is 13.0 Å². The van der Waals surface area contributed by atoms with Crippen molar-refractivity contribution in [3.8, 4) is 0 Å². The molecule has 1 amide bonds. The van der Waals surface area contributed by atoms with Crippen LogP contribution in [0.3, 0.4) is 0 Å². The first-order valence-corrected chi connectivity index (χ1v) is 9.16. The van der Waals surface area contributed by atoms with Gasteiger partial charge in [0.2, 0.25) is 5.91 Å². The maximum Gasteiger partial charge on any atom is 0.228 e. The number of fused-ring (bicyclic) bond motifs is 1. The predicted molar refractivity (Wildman–Crippen MR) is 92.6 cm³/mol. The molecule has 2 fully saturated rings. The molecule has 7 heteroatoms. The molecule has 0 bridgehead atoms. The number of hydrogen-bond acceptors (Lipinski definition) is 6. The number of rotatable bonds is 2. The molecule has 2 aromatic rings. The van der Waals surface area contributed by atoms with E-state index in [-0.39, 0.29) is 17.4 Å². The average Bonchev–Trinajstić information content (AvgIpc) is 3.02. The molecule has 4 rings (SSSR count). The largest absolute Gasteiger partial charge is 0.391 e. The summed E-state index contributed by atoms with van der Waals surface area (Å²) >= 11 is 1.24. The number of piperidine rings is 2. The molecule has 1 unspecified atom stereocenters. The molecule has 128 valence electrons. The molecule has 1 aromatic carbocycles. The summed E-state index contributed by atoms with van der Waals surface area (Å²) in [5.74, 6) is 0.211. The topological polar surface area (TPSA) is 69.6 Å². The van der Waals surface area contributed by atoms with Crippen molar-refractivity contribution in [2.24, 2.45) is 5.41 Å². The van der Waals surface area contributed by atoms with E-state index < -0.39 is 0 Å². The lowest BCUT2D eigenvalue weighted by Gasteiger charge is -2.47. The highest BCUT2D eigenvalue weighted by atomic mass is 32.1. The second-order valence-corrected chi connectivity index (χ2v) is 7.72. The Hall–Kier alpha value is -1.57. The highest BCUT2D eigenvalue weighted by molar-refractivity contribution is 7.00. The van der Waals surface area contributed by atoms with Crippen molar-refractivity contribution in [2.45, 2.75) is 31.9 Å². The molecule has 1 spiro atoms. The first-order valence-electron chi connectivity index (χ1n) is 8.43. The number of carbonyl (C=O) groups excluding carboxylic acids is 1. The summed E-state index contributed by atoms with van der Waals surface area (Å²) < 4.78 is 8.54. The second-order valence-electron chi connectivity index (χ2n) is 7.19. The number of aliphatic hydroxyl groups is 1. The van der Waals surface area contributed by atoms with E-state index in [1.165, 1.54) is 17.3 Å². The van der Waals surface area contributed by atoms with Crippen LogP contribution in [0, 0.1) is 5.41 Å². The van der Waals surface area contributed by atoms with Crippen molar-refractivity contribution < 1.29 is 9.90 Å². The average molecular weight is 346 g/mol. The third-order valence-corrected chi connectivity index (χ3v) is 6.01. The van der Waals surface area contributed by atoms with E-state index in [2.05, 4.69) is 25.8 Å². The number of benzene rings is 1. The maximum atomic E-state index is 12.6. The number of carbonyl (C=O) groups is 1. The van der Waals surface area contributed by atoms with Gasteiger partial charge in [0.25, 0.3) is 0 Å². The molecule has 2 aliphatic heterocycles. The molecule has 2 saturated heterocycles. The van der Waals surface area contributed by atoms with Gasteiger partial charge >= 0.3 is 0 Å². The monoisotopic (exact) mass is 346 g/mol. The molecule has 1 atom stereocenters. The van der Waals surface area contributed by atoms with Crippen LogP contribution in [0.1, 0.15) is 24.8 Å². The Bertz CT molecular complexity index is 754. The van der Waals surface area contributed by atoms with E-state index in [9.17, 15) is 9.90 Å². The van der Waals surface area contributed by atoms with Crippen molar-refractivity contribution in [3.05, 3.63) is 23.8 Å². The quantitative estimate of drug-likeness (QED) is 0.892. The summed E-state index contributed by atoms with van der Waals surface area (Å²) in [6.45, 7) is 3.11. The van der Waals surface area contributed by atoms with Crippen LogP contribution in [0.15, 0.2) is 18.2 Å². The van der Waals surface area contributed by atoms with E-state index in [1.54, 1.807) is 11.9 Å². The van der Waals surface area contributed by atoms with Crippen molar-refractivity contribution in [3.63, 3.8) is 0 Å². The molecule has 6 nitrogen and oxygen atoms in total. The van der Waals surface area contributed by atoms with Gasteiger partial charge in [-0.15, -0.1) is 0 Å². The molecule has 0 radical (unpaired) electrons. The fraction of sp³-hybridized carbons (Fsp3) is 0.588. The number of likely N-dealkylation sites (tertiary alicyclic amines) is 2. The van der Waals surface area contributed by atoms with Gasteiger partial charge < -0.3 is 10.0 Å². The number of aromatic nitrogens is 2. The standard InChI is InChI=1S/C17H22N4O2S/c1-20-11-13(22)9-17(16(20)23)4-6-21(7-5-17)10-12-2-3-14-15(8-12)19-24-18-14/h2-3,8,13,22H,4-7,9-11H2,1H3. The van der Waals surface area contributed by atoms with Crippen molar-refractivity contribution in [1.29, 1.82) is 0 Å². The SMILES string of the molecule is CN1CC(O)CC2(CCN(Cc3ccc4nsnc4c3)CC2)C1=O. The van der Waals surface area contributed by atoms with Crippen LogP contribution in [0.5, 0.6) is 0 Å². The summed E-state index contributed by atoms with van der Waals surface area (Å²) in [5.41, 5.74) is 2.79. The minimum atomic E-state index is -0.390. The van der Waals surface area contributed by atoms with E-state index in [0.717, 1.165) is 43.5 Å². The Kier molecular flexibility index (Phi) is 4.02. The minimum absolute atomic E-state index is 0.211. The Balaban J connectivity index is 1.43. The van der Waals surface area contributed by atoms with Gasteiger partial charge in [-0.25, -0.2) is 0 Å². The first kappa shape index (κ1) is 15.9. The van der Waals surface area contributed by atoms with Crippen LogP contribution in [0.2, 0.25) is 0 Å². The van der Waals surface area contributed by atoms with Crippen molar-refractivity contribution in [1.82, 2.24) is 18.5 Å². The van der Waals surface area contributed by atoms with Crippen molar-refractivity contribution >= 4 is 28.7 Å². The van der Waals surface area contributed by atoms with Crippen LogP contribution in [-0.4, -0.2) is 62.3 Å². The first-order chi connectivity index (χ1) is 11.6. The van der Waals surface area contributed by atoms with E-state index >= 15 is 0 Å². The van der Waals surface area contributed by atoms with Crippen LogP contribution in [-0.2, 0) is 11.3 Å². The summed E-state index contributed by atoms with van der Waals surface area (Å²) in [6.07, 6.45) is 1.88. The van der Waals surface area contributed by atoms with Crippen molar-refractivity contribution in [2.75, 3.05) is 26.7 Å². The third kappa shape index (κ3) is 2.81. The van der Waals surface area contributed by atoms with Crippen LogP contribution < -0.4 is 0 Å². The van der Waals surface area contributed by atoms with Gasteiger partial charge in [-0.3, -0.25) is 9.69 Å². The maximum absolute atomic E-state index is 12.6. The highest BCUT2D eigenvalue weighted by Crippen LogP contribution is 2.40. The van der Waals surface area contributed by atoms with Gasteiger partial charge in [0.1, 0.15) is 11.0 Å². The molecular formula is C17H22N4O2S. The Morgan fingerprint density at radius 2 is 2.04 bits per heavy atom. The third-order valence-electron chi connectivity index (χ3n) is 5.45. The molecule has 0 saturated carbocycles. The molecule has 0 aliphatic carbocycles. The molecule has 2 aliphatic rings. The Morgan fingerprint density at radius 1 is 1.29 bits per heavy atom. The number of amides is 1. The fourth-order valence-corrected chi connectivity index (χ4v) is 4.67. The van der Waals surface area contributed by atoms with Gasteiger partial charge in [-0.2, -0.15) is 8.75 Å². The summed E-state index contributed by atoms with van der Waals surface area (Å²) in [7, 11) is 1.80. The summed E-state index contributed by atoms with van der Waals surface area (Å²) in [6, 6.07) is 6.24. The zero-order chi connectivity index (χ0) is 16.7. The smallest absolute Gasteiger partial charge is 0.228 e. The second kappa shape index (κ2) is 6.06. The zero-order valence-electron chi connectivity index (χ0n) is 13.8. The number of likely N-dealkylation sites (N-methyl/N-ethyl adjacent to an activating group) is 1. The molecular weight excluding hydrogens is 324 g/mol. The molecule has 24 heavy (non-hydrogen) atoms. The molecule has 1 aromatic heterocycles. The Labute approximate surface area is 145 Å². The van der Waals surface area contributed by atoms with E-state index in [4.69, 9.17) is 0 Å². The van der Waals surface area contributed by atoms with Crippen LogP contribution in [0.4, 0.5) is 0 Å². The van der Waals surface area contributed by atoms with Crippen LogP contribution >= 0.6 is 11.7 Å². The lowest BCUT2D eigenvalue weighted by Crippen LogP contribution is -2.56. The summed E-state index contributed by atoms with van der Waals surface area (Å²) in [5, 5.41) is 10.1. The Morgan fingerprint density at radius 3 is 2.83 bits per heavy atom. The fourth-order valence-electron chi connectivity index (χ4n) is 4.15. The number of hydrogen-bond donors (Lipinski definition) is 1.